The summed E-state index contributed by atoms with van der Waals surface area (Å²) in [6.45, 7) is 10.1. The average Bonchev–Trinajstić information content (AvgIpc) is 3.08. The molecule has 2 heterocycles. The van der Waals surface area contributed by atoms with Crippen molar-refractivity contribution in [1.29, 1.82) is 10.5 Å². The van der Waals surface area contributed by atoms with E-state index in [1.54, 1.807) is 6.08 Å². The van der Waals surface area contributed by atoms with Crippen LogP contribution < -0.4 is 10.7 Å². The van der Waals surface area contributed by atoms with Gasteiger partial charge < -0.3 is 0 Å². The van der Waals surface area contributed by atoms with Crippen molar-refractivity contribution in [3.05, 3.63) is 170 Å². The number of allylic oxidation sites excluding steroid dienone is 7. The van der Waals surface area contributed by atoms with Gasteiger partial charge in [0.25, 0.3) is 0 Å². The van der Waals surface area contributed by atoms with Gasteiger partial charge in [0.15, 0.2) is 0 Å². The fraction of sp³-hybridized carbons (Fsp3) is 0.122. The van der Waals surface area contributed by atoms with Gasteiger partial charge in [-0.15, -0.1) is 0 Å². The molecule has 0 fully saturated rings. The van der Waals surface area contributed by atoms with Crippen LogP contribution in [0.5, 0.6) is 0 Å². The standard InChI is InChI=1S/C41H32N4/c1-5-7-11-30(6-2)34(24-42)20-28-14-16-38-32(18-28)22-36-26(3)41-37(27(4)40(36)44-38)23-33-19-29(15-17-39(33)45-41)21-35(25-43)31-12-9-8-10-13-31/h5-21H,2,22-23H2,1,3-4H3/b7-5-,30-11+,34-20+,35-21+. The summed E-state index contributed by atoms with van der Waals surface area (Å²) in [5.74, 6) is 0. The lowest BCUT2D eigenvalue weighted by atomic mass is 9.86. The molecule has 4 aromatic carbocycles. The van der Waals surface area contributed by atoms with Crippen LogP contribution in [0.15, 0.2) is 119 Å². The smallest absolute Gasteiger partial charge is 0.0998 e. The summed E-state index contributed by atoms with van der Waals surface area (Å²) in [6, 6.07) is 26.9. The number of fused-ring (bicyclic) bond motifs is 4. The van der Waals surface area contributed by atoms with Crippen LogP contribution in [0.25, 0.3) is 17.7 Å². The van der Waals surface area contributed by atoms with E-state index in [-0.39, 0.29) is 0 Å². The summed E-state index contributed by atoms with van der Waals surface area (Å²) in [5, 5.41) is 21.7. The molecule has 4 heteroatoms. The number of hydrogen-bond donors (Lipinski definition) is 0. The monoisotopic (exact) mass is 580 g/mol. The quantitative estimate of drug-likeness (QED) is 0.112. The predicted molar refractivity (Wildman–Crippen MR) is 183 cm³/mol. The molecular weight excluding hydrogens is 548 g/mol. The second-order valence-electron chi connectivity index (χ2n) is 11.3. The Morgan fingerprint density at radius 2 is 1.36 bits per heavy atom. The van der Waals surface area contributed by atoms with Gasteiger partial charge in [0, 0.05) is 12.8 Å². The van der Waals surface area contributed by atoms with Crippen molar-refractivity contribution in [2.45, 2.75) is 33.6 Å². The van der Waals surface area contributed by atoms with Crippen LogP contribution in [0.3, 0.4) is 0 Å². The van der Waals surface area contributed by atoms with E-state index >= 15 is 0 Å². The van der Waals surface area contributed by atoms with Crippen LogP contribution in [-0.4, -0.2) is 0 Å². The van der Waals surface area contributed by atoms with Crippen LogP contribution >= 0.6 is 0 Å². The van der Waals surface area contributed by atoms with Crippen LogP contribution in [-0.2, 0) is 12.8 Å². The minimum atomic E-state index is 0.567. The number of nitrogens with zero attached hydrogens (tertiary/aromatic N) is 4. The Morgan fingerprint density at radius 1 is 0.778 bits per heavy atom. The van der Waals surface area contributed by atoms with Gasteiger partial charge in [-0.1, -0.05) is 73.3 Å². The van der Waals surface area contributed by atoms with Crippen molar-refractivity contribution in [1.82, 2.24) is 0 Å². The number of benzene rings is 4. The van der Waals surface area contributed by atoms with E-state index in [9.17, 15) is 10.5 Å². The number of nitriles is 2. The van der Waals surface area contributed by atoms with Crippen molar-refractivity contribution in [3.8, 4) is 12.1 Å². The fourth-order valence-electron chi connectivity index (χ4n) is 6.12. The molecule has 4 nitrogen and oxygen atoms in total. The first kappa shape index (κ1) is 29.2. The van der Waals surface area contributed by atoms with Crippen LogP contribution in [0, 0.1) is 36.5 Å². The third kappa shape index (κ3) is 5.63. The van der Waals surface area contributed by atoms with Gasteiger partial charge in [0.1, 0.15) is 0 Å². The molecule has 6 rings (SSSR count). The van der Waals surface area contributed by atoms with Crippen molar-refractivity contribution >= 4 is 29.1 Å². The Labute approximate surface area is 264 Å². The second-order valence-corrected chi connectivity index (χ2v) is 11.3. The molecule has 0 saturated carbocycles. The summed E-state index contributed by atoms with van der Waals surface area (Å²) in [4.78, 5) is 10.3. The third-order valence-electron chi connectivity index (χ3n) is 8.54. The Morgan fingerprint density at radius 3 is 1.87 bits per heavy atom. The summed E-state index contributed by atoms with van der Waals surface area (Å²) >= 11 is 0. The summed E-state index contributed by atoms with van der Waals surface area (Å²) in [5.41, 5.74) is 13.8. The predicted octanol–water partition coefficient (Wildman–Crippen LogP) is 8.67. The molecule has 2 aliphatic heterocycles. The Balaban J connectivity index is 1.38. The lowest BCUT2D eigenvalue weighted by Gasteiger charge is -2.22. The average molecular weight is 581 g/mol. The lowest BCUT2D eigenvalue weighted by molar-refractivity contribution is 0.959. The van der Waals surface area contributed by atoms with Crippen molar-refractivity contribution < 1.29 is 0 Å². The molecule has 216 valence electrons. The molecule has 4 aromatic rings. The Hall–Kier alpha value is -5.84. The normalized spacial score (nSPS) is 13.8. The van der Waals surface area contributed by atoms with E-state index in [4.69, 9.17) is 9.98 Å². The highest BCUT2D eigenvalue weighted by molar-refractivity contribution is 5.89. The molecule has 0 radical (unpaired) electrons. The van der Waals surface area contributed by atoms with Gasteiger partial charge in [-0.05, 0) is 113 Å². The minimum absolute atomic E-state index is 0.567. The number of hydrogen-bond acceptors (Lipinski definition) is 4. The third-order valence-corrected chi connectivity index (χ3v) is 8.54. The maximum atomic E-state index is 9.84. The molecule has 0 N–H and O–H groups in total. The molecule has 0 aliphatic carbocycles. The van der Waals surface area contributed by atoms with E-state index in [2.05, 4.69) is 50.8 Å². The minimum Gasteiger partial charge on any atom is -0.248 e. The zero-order valence-electron chi connectivity index (χ0n) is 25.7. The molecular formula is C41H32N4. The molecule has 0 spiro atoms. The topological polar surface area (TPSA) is 72.3 Å². The highest BCUT2D eigenvalue weighted by atomic mass is 14.8. The first-order valence-corrected chi connectivity index (χ1v) is 15.0. The molecule has 2 aliphatic rings. The first-order valence-electron chi connectivity index (χ1n) is 15.0. The van der Waals surface area contributed by atoms with E-state index in [0.29, 0.717) is 11.1 Å². The SMILES string of the molecule is C=CC(=C\C=C/C)/C(C#N)=C/c1ccc2c(c1)Cc1c(C)c3c(c(C)c1=N2)Cc1cc(/C=C(\C#N)c2ccccc2)ccc1N=3. The van der Waals surface area contributed by atoms with E-state index in [0.717, 1.165) is 79.4 Å². The van der Waals surface area contributed by atoms with Gasteiger partial charge in [0.05, 0.1) is 45.4 Å². The van der Waals surface area contributed by atoms with Crippen LogP contribution in [0.1, 0.15) is 57.0 Å². The van der Waals surface area contributed by atoms with Gasteiger partial charge in [-0.3, -0.25) is 0 Å². The van der Waals surface area contributed by atoms with Crippen LogP contribution in [0.2, 0.25) is 0 Å². The second kappa shape index (κ2) is 12.4. The molecule has 0 amide bonds. The van der Waals surface area contributed by atoms with Crippen molar-refractivity contribution in [2.24, 2.45) is 9.98 Å². The largest absolute Gasteiger partial charge is 0.248 e. The maximum Gasteiger partial charge on any atom is 0.0998 e. The van der Waals surface area contributed by atoms with E-state index in [1.807, 2.05) is 85.8 Å². The zero-order valence-corrected chi connectivity index (χ0v) is 25.7. The molecule has 0 atom stereocenters. The van der Waals surface area contributed by atoms with Crippen molar-refractivity contribution in [2.75, 3.05) is 0 Å². The highest BCUT2D eigenvalue weighted by Gasteiger charge is 2.22. The molecule has 0 aromatic heterocycles. The first-order chi connectivity index (χ1) is 21.9. The van der Waals surface area contributed by atoms with Gasteiger partial charge >= 0.3 is 0 Å². The van der Waals surface area contributed by atoms with Crippen molar-refractivity contribution in [3.63, 3.8) is 0 Å². The maximum absolute atomic E-state index is 9.84. The summed E-state index contributed by atoms with van der Waals surface area (Å²) in [6.07, 6.45) is 12.8. The number of rotatable bonds is 6. The van der Waals surface area contributed by atoms with E-state index < -0.39 is 0 Å². The summed E-state index contributed by atoms with van der Waals surface area (Å²) < 4.78 is 0. The zero-order chi connectivity index (χ0) is 31.5. The summed E-state index contributed by atoms with van der Waals surface area (Å²) in [7, 11) is 0. The lowest BCUT2D eigenvalue weighted by Crippen LogP contribution is -2.31. The Kier molecular flexibility index (Phi) is 8.06. The Bertz CT molecular complexity index is 2210. The van der Waals surface area contributed by atoms with Gasteiger partial charge in [-0.2, -0.15) is 10.5 Å². The molecule has 0 bridgehead atoms. The molecule has 0 saturated heterocycles. The van der Waals surface area contributed by atoms with Crippen LogP contribution in [0.4, 0.5) is 11.4 Å². The highest BCUT2D eigenvalue weighted by Crippen LogP contribution is 2.32. The molecule has 45 heavy (non-hydrogen) atoms. The van der Waals surface area contributed by atoms with Gasteiger partial charge in [-0.25, -0.2) is 9.98 Å². The van der Waals surface area contributed by atoms with E-state index in [1.165, 1.54) is 11.1 Å². The fourth-order valence-corrected chi connectivity index (χ4v) is 6.12. The molecule has 0 unspecified atom stereocenters. The van der Waals surface area contributed by atoms with Gasteiger partial charge in [0.2, 0.25) is 0 Å².